The van der Waals surface area contributed by atoms with E-state index in [2.05, 4.69) is 20.9 Å². The first kappa shape index (κ1) is 14.7. The van der Waals surface area contributed by atoms with Crippen LogP contribution in [0.15, 0.2) is 67.8 Å². The molecule has 1 heterocycles. The lowest BCUT2D eigenvalue weighted by Gasteiger charge is -1.95. The maximum absolute atomic E-state index is 10.8. The molecule has 3 aromatic rings. The molecule has 4 nitrogen and oxygen atoms in total. The lowest BCUT2D eigenvalue weighted by molar-refractivity contribution is 0.0697. The number of carbonyl (C=O) groups is 1. The van der Waals surface area contributed by atoms with E-state index in [0.717, 1.165) is 15.8 Å². The summed E-state index contributed by atoms with van der Waals surface area (Å²) in [6.07, 6.45) is 0. The van der Waals surface area contributed by atoms with Gasteiger partial charge in [0.1, 0.15) is 5.76 Å². The van der Waals surface area contributed by atoms with Crippen LogP contribution in [0.4, 0.5) is 5.69 Å². The zero-order valence-electron chi connectivity index (χ0n) is 11.2. The smallest absolute Gasteiger partial charge is 0.335 e. The van der Waals surface area contributed by atoms with Crippen LogP contribution in [0.2, 0.25) is 0 Å². The third-order valence-corrected chi connectivity index (χ3v) is 4.16. The number of benzene rings is 2. The minimum absolute atomic E-state index is 0.234. The van der Waals surface area contributed by atoms with E-state index >= 15 is 0 Å². The van der Waals surface area contributed by atoms with Crippen LogP contribution in [-0.4, -0.2) is 11.1 Å². The van der Waals surface area contributed by atoms with Gasteiger partial charge in [0, 0.05) is 15.4 Å². The predicted molar refractivity (Wildman–Crippen MR) is 88.3 cm³/mol. The normalized spacial score (nSPS) is 11.6. The van der Waals surface area contributed by atoms with Crippen molar-refractivity contribution >= 4 is 38.9 Å². The lowest BCUT2D eigenvalue weighted by Crippen LogP contribution is -1.94. The van der Waals surface area contributed by atoms with Crippen molar-refractivity contribution in [2.45, 2.75) is 0 Å². The van der Waals surface area contributed by atoms with E-state index in [1.165, 1.54) is 23.5 Å². The Bertz CT molecular complexity index is 863. The van der Waals surface area contributed by atoms with Gasteiger partial charge in [0.25, 0.3) is 4.87 Å². The third-order valence-electron chi connectivity index (χ3n) is 2.93. The van der Waals surface area contributed by atoms with E-state index in [1.54, 1.807) is 12.1 Å². The highest BCUT2D eigenvalue weighted by atomic mass is 79.9. The first-order chi connectivity index (χ1) is 10.6. The topological polar surface area (TPSA) is 62.8 Å². The maximum atomic E-state index is 10.8. The summed E-state index contributed by atoms with van der Waals surface area (Å²) in [5.74, 6) is -0.205. The molecular weight excluding hydrogens is 366 g/mol. The summed E-state index contributed by atoms with van der Waals surface area (Å²) >= 11 is 4.79. The van der Waals surface area contributed by atoms with Crippen LogP contribution in [0.25, 0.3) is 11.3 Å². The van der Waals surface area contributed by atoms with Crippen molar-refractivity contribution in [3.8, 4) is 11.3 Å². The van der Waals surface area contributed by atoms with Gasteiger partial charge in [0.15, 0.2) is 0 Å². The molecule has 110 valence electrons. The predicted octanol–water partition coefficient (Wildman–Crippen LogP) is 4.70. The molecule has 3 rings (SSSR count). The molecular formula is C16H10BrNO3S. The fraction of sp³-hybridized carbons (Fsp3) is 0. The number of aromatic carboxylic acids is 1. The highest BCUT2D eigenvalue weighted by molar-refractivity contribution is 9.10. The van der Waals surface area contributed by atoms with Gasteiger partial charge >= 0.3 is 5.97 Å². The van der Waals surface area contributed by atoms with Crippen molar-refractivity contribution in [2.24, 2.45) is 4.99 Å². The van der Waals surface area contributed by atoms with Gasteiger partial charge in [-0.3, -0.25) is 0 Å². The Morgan fingerprint density at radius 2 is 1.77 bits per heavy atom. The molecule has 6 heteroatoms. The molecule has 0 fully saturated rings. The lowest BCUT2D eigenvalue weighted by atomic mass is 10.2. The van der Waals surface area contributed by atoms with E-state index in [9.17, 15) is 4.79 Å². The van der Waals surface area contributed by atoms with E-state index in [1.807, 2.05) is 29.6 Å². The Morgan fingerprint density at radius 3 is 2.41 bits per heavy atom. The van der Waals surface area contributed by atoms with Crippen molar-refractivity contribution in [1.29, 1.82) is 0 Å². The second kappa shape index (κ2) is 6.29. The Balaban J connectivity index is 1.89. The summed E-state index contributed by atoms with van der Waals surface area (Å²) < 4.78 is 6.72. The molecule has 2 aromatic carbocycles. The molecule has 0 spiro atoms. The van der Waals surface area contributed by atoms with Gasteiger partial charge in [-0.2, -0.15) is 0 Å². The van der Waals surface area contributed by atoms with Gasteiger partial charge in [0.05, 0.1) is 11.3 Å². The fourth-order valence-corrected chi connectivity index (χ4v) is 2.77. The molecule has 0 aliphatic heterocycles. The summed E-state index contributed by atoms with van der Waals surface area (Å²) in [6, 6.07) is 14.2. The number of carboxylic acid groups (broad SMARTS) is 1. The zero-order valence-corrected chi connectivity index (χ0v) is 13.6. The Labute approximate surface area is 138 Å². The summed E-state index contributed by atoms with van der Waals surface area (Å²) in [5.41, 5.74) is 1.86. The van der Waals surface area contributed by atoms with Crippen LogP contribution < -0.4 is 4.87 Å². The van der Waals surface area contributed by atoms with Crippen LogP contribution in [-0.2, 0) is 0 Å². The van der Waals surface area contributed by atoms with Crippen LogP contribution in [0.3, 0.4) is 0 Å². The Morgan fingerprint density at radius 1 is 1.09 bits per heavy atom. The van der Waals surface area contributed by atoms with Crippen LogP contribution >= 0.6 is 27.3 Å². The SMILES string of the molecule is O=C(O)c1ccc(N=c2oc(-c3ccc(Br)cc3)cs2)cc1. The van der Waals surface area contributed by atoms with Crippen LogP contribution in [0, 0.1) is 0 Å². The molecule has 1 aromatic heterocycles. The van der Waals surface area contributed by atoms with Crippen molar-refractivity contribution in [1.82, 2.24) is 0 Å². The van der Waals surface area contributed by atoms with Crippen LogP contribution in [0.5, 0.6) is 0 Å². The summed E-state index contributed by atoms with van der Waals surface area (Å²) in [5, 5.41) is 10.8. The van der Waals surface area contributed by atoms with Gasteiger partial charge in [-0.05, 0) is 36.4 Å². The number of hydrogen-bond acceptors (Lipinski definition) is 4. The molecule has 0 saturated carbocycles. The summed E-state index contributed by atoms with van der Waals surface area (Å²) in [7, 11) is 0. The summed E-state index contributed by atoms with van der Waals surface area (Å²) in [6.45, 7) is 0. The standard InChI is InChI=1S/C16H10BrNO3S/c17-12-5-1-10(2-6-12)14-9-22-16(21-14)18-13-7-3-11(4-8-13)15(19)20/h1-9H,(H,19,20). The minimum atomic E-state index is -0.954. The van der Waals surface area contributed by atoms with Gasteiger partial charge in [-0.1, -0.05) is 39.4 Å². The van der Waals surface area contributed by atoms with Gasteiger partial charge < -0.3 is 9.52 Å². The molecule has 0 radical (unpaired) electrons. The molecule has 0 unspecified atom stereocenters. The Kier molecular flexibility index (Phi) is 4.22. The van der Waals surface area contributed by atoms with E-state index in [-0.39, 0.29) is 5.56 Å². The number of nitrogens with zero attached hydrogens (tertiary/aromatic N) is 1. The first-order valence-electron chi connectivity index (χ1n) is 6.34. The van der Waals surface area contributed by atoms with E-state index in [4.69, 9.17) is 9.52 Å². The van der Waals surface area contributed by atoms with Crippen molar-refractivity contribution in [2.75, 3.05) is 0 Å². The van der Waals surface area contributed by atoms with E-state index < -0.39 is 5.97 Å². The molecule has 0 aliphatic rings. The average Bonchev–Trinajstić information content (AvgIpc) is 2.97. The third kappa shape index (κ3) is 3.35. The quantitative estimate of drug-likeness (QED) is 0.721. The largest absolute Gasteiger partial charge is 0.478 e. The molecule has 22 heavy (non-hydrogen) atoms. The highest BCUT2D eigenvalue weighted by Gasteiger charge is 2.04. The molecule has 0 saturated heterocycles. The number of hydrogen-bond donors (Lipinski definition) is 1. The van der Waals surface area contributed by atoms with Crippen molar-refractivity contribution < 1.29 is 14.3 Å². The minimum Gasteiger partial charge on any atom is -0.478 e. The second-order valence-corrected chi connectivity index (χ2v) is 6.17. The molecule has 1 N–H and O–H groups in total. The van der Waals surface area contributed by atoms with Gasteiger partial charge in [-0.15, -0.1) is 0 Å². The Hall–Kier alpha value is -2.18. The van der Waals surface area contributed by atoms with Crippen LogP contribution in [0.1, 0.15) is 10.4 Å². The van der Waals surface area contributed by atoms with Crippen molar-refractivity contribution in [3.05, 3.63) is 68.8 Å². The fourth-order valence-electron chi connectivity index (χ4n) is 1.82. The maximum Gasteiger partial charge on any atom is 0.335 e. The summed E-state index contributed by atoms with van der Waals surface area (Å²) in [4.78, 5) is 15.7. The molecule has 0 amide bonds. The molecule has 0 atom stereocenters. The van der Waals surface area contributed by atoms with Gasteiger partial charge in [0.2, 0.25) is 0 Å². The number of rotatable bonds is 3. The number of halogens is 1. The second-order valence-electron chi connectivity index (χ2n) is 4.44. The monoisotopic (exact) mass is 375 g/mol. The molecule has 0 aliphatic carbocycles. The molecule has 0 bridgehead atoms. The first-order valence-corrected chi connectivity index (χ1v) is 8.02. The highest BCUT2D eigenvalue weighted by Crippen LogP contribution is 2.22. The average molecular weight is 376 g/mol. The zero-order chi connectivity index (χ0) is 15.5. The number of carboxylic acids is 1. The van der Waals surface area contributed by atoms with Crippen molar-refractivity contribution in [3.63, 3.8) is 0 Å². The van der Waals surface area contributed by atoms with E-state index in [0.29, 0.717) is 10.6 Å². The van der Waals surface area contributed by atoms with Gasteiger partial charge in [-0.25, -0.2) is 9.79 Å².